The van der Waals surface area contributed by atoms with Gasteiger partial charge >= 0.3 is 0 Å². The van der Waals surface area contributed by atoms with Crippen LogP contribution in [0.4, 0.5) is 0 Å². The topological polar surface area (TPSA) is 60.2 Å². The molecular weight excluding hydrogens is 254 g/mol. The molecule has 1 aromatic heterocycles. The van der Waals surface area contributed by atoms with Crippen LogP contribution < -0.4 is 10.1 Å². The molecule has 2 aromatic rings. The monoisotopic (exact) mass is 273 g/mol. The SMILES string of the molecule is CCOc1ccc(-c2nc(C3CCCCN3)no2)cc1. The molecule has 0 spiro atoms. The maximum absolute atomic E-state index is 5.42. The maximum Gasteiger partial charge on any atom is 0.257 e. The Morgan fingerprint density at radius 3 is 2.85 bits per heavy atom. The lowest BCUT2D eigenvalue weighted by Crippen LogP contribution is -2.27. The fraction of sp³-hybridized carbons (Fsp3) is 0.467. The second kappa shape index (κ2) is 6.05. The molecule has 1 aliphatic rings. The number of aromatic nitrogens is 2. The Morgan fingerprint density at radius 2 is 2.15 bits per heavy atom. The minimum atomic E-state index is 0.226. The van der Waals surface area contributed by atoms with Gasteiger partial charge in [0.05, 0.1) is 12.6 Å². The number of benzene rings is 1. The van der Waals surface area contributed by atoms with Crippen molar-refractivity contribution in [2.45, 2.75) is 32.2 Å². The number of ether oxygens (including phenoxy) is 1. The largest absolute Gasteiger partial charge is 0.494 e. The van der Waals surface area contributed by atoms with E-state index in [0.29, 0.717) is 12.5 Å². The summed E-state index contributed by atoms with van der Waals surface area (Å²) in [5.74, 6) is 2.17. The Kier molecular flexibility index (Phi) is 3.97. The summed E-state index contributed by atoms with van der Waals surface area (Å²) in [5, 5.41) is 7.52. The third-order valence-corrected chi connectivity index (χ3v) is 3.48. The van der Waals surface area contributed by atoms with Gasteiger partial charge in [-0.2, -0.15) is 4.98 Å². The van der Waals surface area contributed by atoms with Crippen molar-refractivity contribution in [2.24, 2.45) is 0 Å². The zero-order valence-electron chi connectivity index (χ0n) is 11.6. The van der Waals surface area contributed by atoms with E-state index in [-0.39, 0.29) is 6.04 Å². The van der Waals surface area contributed by atoms with Crippen LogP contribution in [0.2, 0.25) is 0 Å². The van der Waals surface area contributed by atoms with E-state index in [2.05, 4.69) is 15.5 Å². The summed E-state index contributed by atoms with van der Waals surface area (Å²) >= 11 is 0. The van der Waals surface area contributed by atoms with Crippen LogP contribution >= 0.6 is 0 Å². The van der Waals surface area contributed by atoms with E-state index < -0.39 is 0 Å². The molecule has 5 heteroatoms. The van der Waals surface area contributed by atoms with E-state index in [4.69, 9.17) is 9.26 Å². The summed E-state index contributed by atoms with van der Waals surface area (Å²) < 4.78 is 10.8. The highest BCUT2D eigenvalue weighted by molar-refractivity contribution is 5.54. The smallest absolute Gasteiger partial charge is 0.257 e. The number of nitrogens with zero attached hydrogens (tertiary/aromatic N) is 2. The third-order valence-electron chi connectivity index (χ3n) is 3.48. The molecule has 3 rings (SSSR count). The molecule has 0 radical (unpaired) electrons. The van der Waals surface area contributed by atoms with E-state index in [9.17, 15) is 0 Å². The first-order valence-electron chi connectivity index (χ1n) is 7.17. The molecule has 0 saturated carbocycles. The second-order valence-electron chi connectivity index (χ2n) is 4.92. The van der Waals surface area contributed by atoms with E-state index in [1.54, 1.807) is 0 Å². The fourth-order valence-corrected chi connectivity index (χ4v) is 2.43. The molecule has 0 aliphatic carbocycles. The van der Waals surface area contributed by atoms with Crippen LogP contribution in [0.5, 0.6) is 5.75 Å². The van der Waals surface area contributed by atoms with E-state index in [1.807, 2.05) is 31.2 Å². The van der Waals surface area contributed by atoms with Crippen LogP contribution in [0, 0.1) is 0 Å². The van der Waals surface area contributed by atoms with E-state index >= 15 is 0 Å². The lowest BCUT2D eigenvalue weighted by atomic mass is 10.0. The molecule has 1 fully saturated rings. The molecule has 1 aromatic carbocycles. The lowest BCUT2D eigenvalue weighted by Gasteiger charge is -2.19. The highest BCUT2D eigenvalue weighted by Crippen LogP contribution is 2.25. The quantitative estimate of drug-likeness (QED) is 0.928. The molecule has 5 nitrogen and oxygen atoms in total. The second-order valence-corrected chi connectivity index (χ2v) is 4.92. The molecule has 0 bridgehead atoms. The Balaban J connectivity index is 1.75. The fourth-order valence-electron chi connectivity index (χ4n) is 2.43. The van der Waals surface area contributed by atoms with Crippen molar-refractivity contribution < 1.29 is 9.26 Å². The van der Waals surface area contributed by atoms with Crippen molar-refractivity contribution in [3.8, 4) is 17.2 Å². The molecule has 0 amide bonds. The van der Waals surface area contributed by atoms with Gasteiger partial charge in [-0.1, -0.05) is 11.6 Å². The number of hydrogen-bond acceptors (Lipinski definition) is 5. The van der Waals surface area contributed by atoms with Gasteiger partial charge in [0.1, 0.15) is 5.75 Å². The molecular formula is C15H19N3O2. The molecule has 1 aliphatic heterocycles. The number of nitrogens with one attached hydrogen (secondary N) is 1. The molecule has 20 heavy (non-hydrogen) atoms. The normalized spacial score (nSPS) is 18.9. The molecule has 1 atom stereocenters. The van der Waals surface area contributed by atoms with Crippen LogP contribution in [-0.4, -0.2) is 23.3 Å². The van der Waals surface area contributed by atoms with Gasteiger partial charge in [-0.15, -0.1) is 0 Å². The minimum absolute atomic E-state index is 0.226. The summed E-state index contributed by atoms with van der Waals surface area (Å²) in [6.07, 6.45) is 3.51. The Labute approximate surface area is 118 Å². The first-order valence-corrected chi connectivity index (χ1v) is 7.17. The van der Waals surface area contributed by atoms with Crippen molar-refractivity contribution in [1.82, 2.24) is 15.5 Å². The third kappa shape index (κ3) is 2.82. The molecule has 1 N–H and O–H groups in total. The van der Waals surface area contributed by atoms with Crippen molar-refractivity contribution in [3.63, 3.8) is 0 Å². The average molecular weight is 273 g/mol. The van der Waals surface area contributed by atoms with Gasteiger partial charge in [-0.3, -0.25) is 0 Å². The summed E-state index contributed by atoms with van der Waals surface area (Å²) in [7, 11) is 0. The van der Waals surface area contributed by atoms with Crippen molar-refractivity contribution in [1.29, 1.82) is 0 Å². The van der Waals surface area contributed by atoms with Gasteiger partial charge in [0, 0.05) is 5.56 Å². The summed E-state index contributed by atoms with van der Waals surface area (Å²) in [6.45, 7) is 3.66. The van der Waals surface area contributed by atoms with Gasteiger partial charge in [-0.25, -0.2) is 0 Å². The Bertz CT molecular complexity index is 545. The molecule has 1 saturated heterocycles. The molecule has 106 valence electrons. The number of hydrogen-bond donors (Lipinski definition) is 1. The zero-order chi connectivity index (χ0) is 13.8. The van der Waals surface area contributed by atoms with Crippen LogP contribution in [0.25, 0.3) is 11.5 Å². The maximum atomic E-state index is 5.42. The van der Waals surface area contributed by atoms with Gasteiger partial charge in [0.15, 0.2) is 5.82 Å². The standard InChI is InChI=1S/C15H19N3O2/c1-2-19-12-8-6-11(7-9-12)15-17-14(18-20-15)13-5-3-4-10-16-13/h6-9,13,16H,2-5,10H2,1H3. The van der Waals surface area contributed by atoms with Crippen LogP contribution in [0.3, 0.4) is 0 Å². The van der Waals surface area contributed by atoms with Gasteiger partial charge in [0.25, 0.3) is 5.89 Å². The summed E-state index contributed by atoms with van der Waals surface area (Å²) in [5.41, 5.74) is 0.919. The summed E-state index contributed by atoms with van der Waals surface area (Å²) in [6, 6.07) is 7.94. The van der Waals surface area contributed by atoms with Crippen LogP contribution in [0.15, 0.2) is 28.8 Å². The number of piperidine rings is 1. The molecule has 2 heterocycles. The van der Waals surface area contributed by atoms with E-state index in [0.717, 1.165) is 30.1 Å². The van der Waals surface area contributed by atoms with Crippen LogP contribution in [0.1, 0.15) is 38.1 Å². The van der Waals surface area contributed by atoms with Gasteiger partial charge < -0.3 is 14.6 Å². The molecule has 1 unspecified atom stereocenters. The predicted octanol–water partition coefficient (Wildman–Crippen LogP) is 2.95. The summed E-state index contributed by atoms with van der Waals surface area (Å²) in [4.78, 5) is 4.50. The lowest BCUT2D eigenvalue weighted by molar-refractivity contribution is 0.340. The van der Waals surface area contributed by atoms with E-state index in [1.165, 1.54) is 12.8 Å². The average Bonchev–Trinajstić information content (AvgIpc) is 2.99. The Morgan fingerprint density at radius 1 is 1.30 bits per heavy atom. The first kappa shape index (κ1) is 13.1. The zero-order valence-corrected chi connectivity index (χ0v) is 11.6. The van der Waals surface area contributed by atoms with Crippen molar-refractivity contribution in [3.05, 3.63) is 30.1 Å². The van der Waals surface area contributed by atoms with Crippen LogP contribution in [-0.2, 0) is 0 Å². The van der Waals surface area contributed by atoms with Gasteiger partial charge in [-0.05, 0) is 50.6 Å². The number of rotatable bonds is 4. The Hall–Kier alpha value is -1.88. The van der Waals surface area contributed by atoms with Crippen molar-refractivity contribution in [2.75, 3.05) is 13.2 Å². The van der Waals surface area contributed by atoms with Crippen molar-refractivity contribution >= 4 is 0 Å². The highest BCUT2D eigenvalue weighted by Gasteiger charge is 2.20. The van der Waals surface area contributed by atoms with Gasteiger partial charge in [0.2, 0.25) is 0 Å². The first-order chi connectivity index (χ1) is 9.86. The highest BCUT2D eigenvalue weighted by atomic mass is 16.5. The minimum Gasteiger partial charge on any atom is -0.494 e. The predicted molar refractivity (Wildman–Crippen MR) is 75.5 cm³/mol.